The van der Waals surface area contributed by atoms with Gasteiger partial charge in [-0.1, -0.05) is 0 Å². The van der Waals surface area contributed by atoms with E-state index >= 15 is 0 Å². The van der Waals surface area contributed by atoms with Gasteiger partial charge in [-0.3, -0.25) is 14.9 Å². The molecule has 1 N–H and O–H groups in total. The molecule has 6 heteroatoms. The number of rotatable bonds is 4. The van der Waals surface area contributed by atoms with Gasteiger partial charge in [0.15, 0.2) is 0 Å². The van der Waals surface area contributed by atoms with E-state index in [2.05, 4.69) is 0 Å². The molecule has 0 amide bonds. The maximum atomic E-state index is 11.2. The standard InChI is InChI=1S/C11H11NO5/c1-17-9-3-2-7(12(15)16)6-8(9)11(4-5-11)10(13)14/h2-3,6H,4-5H2,1H3,(H,13,14). The number of hydrogen-bond donors (Lipinski definition) is 1. The predicted molar refractivity (Wildman–Crippen MR) is 58.2 cm³/mol. The van der Waals surface area contributed by atoms with Crippen LogP contribution < -0.4 is 4.74 Å². The second-order valence-electron chi connectivity index (χ2n) is 4.03. The number of benzene rings is 1. The van der Waals surface area contributed by atoms with Gasteiger partial charge >= 0.3 is 5.97 Å². The Kier molecular flexibility index (Phi) is 2.49. The molecule has 2 rings (SSSR count). The summed E-state index contributed by atoms with van der Waals surface area (Å²) in [6, 6.07) is 4.04. The Morgan fingerprint density at radius 2 is 2.18 bits per heavy atom. The highest BCUT2D eigenvalue weighted by Gasteiger charge is 2.53. The molecule has 17 heavy (non-hydrogen) atoms. The fraction of sp³-hybridized carbons (Fsp3) is 0.364. The summed E-state index contributed by atoms with van der Waals surface area (Å²) in [5.41, 5.74) is -0.729. The van der Waals surface area contributed by atoms with Gasteiger partial charge in [-0.15, -0.1) is 0 Å². The third kappa shape index (κ3) is 1.71. The van der Waals surface area contributed by atoms with E-state index in [0.717, 1.165) is 0 Å². The molecular formula is C11H11NO5. The van der Waals surface area contributed by atoms with Crippen LogP contribution in [0, 0.1) is 10.1 Å². The first-order valence-electron chi connectivity index (χ1n) is 5.07. The van der Waals surface area contributed by atoms with Crippen molar-refractivity contribution in [2.24, 2.45) is 0 Å². The molecule has 6 nitrogen and oxygen atoms in total. The fourth-order valence-electron chi connectivity index (χ4n) is 1.91. The molecular weight excluding hydrogens is 226 g/mol. The number of ether oxygens (including phenoxy) is 1. The first-order chi connectivity index (χ1) is 8.01. The second kappa shape index (κ2) is 3.73. The van der Waals surface area contributed by atoms with Crippen molar-refractivity contribution in [2.75, 3.05) is 7.11 Å². The van der Waals surface area contributed by atoms with Crippen LogP contribution in [0.1, 0.15) is 18.4 Å². The summed E-state index contributed by atoms with van der Waals surface area (Å²) in [7, 11) is 1.42. The third-order valence-corrected chi connectivity index (χ3v) is 3.07. The zero-order valence-electron chi connectivity index (χ0n) is 9.17. The van der Waals surface area contributed by atoms with E-state index in [1.165, 1.54) is 25.3 Å². The topological polar surface area (TPSA) is 89.7 Å². The fourth-order valence-corrected chi connectivity index (χ4v) is 1.91. The van der Waals surface area contributed by atoms with Crippen LogP contribution in [-0.4, -0.2) is 23.1 Å². The lowest BCUT2D eigenvalue weighted by Crippen LogP contribution is -2.20. The van der Waals surface area contributed by atoms with E-state index in [0.29, 0.717) is 24.2 Å². The van der Waals surface area contributed by atoms with Crippen molar-refractivity contribution < 1.29 is 19.6 Å². The first kappa shape index (κ1) is 11.4. The zero-order valence-corrected chi connectivity index (χ0v) is 9.17. The molecule has 90 valence electrons. The number of non-ortho nitro benzene ring substituents is 1. The van der Waals surface area contributed by atoms with Crippen LogP contribution in [0.25, 0.3) is 0 Å². The van der Waals surface area contributed by atoms with Crippen LogP contribution in [0.5, 0.6) is 5.75 Å². The SMILES string of the molecule is COc1ccc([N+](=O)[O-])cc1C1(C(=O)O)CC1. The Labute approximate surface area is 97.0 Å². The number of hydrogen-bond acceptors (Lipinski definition) is 4. The second-order valence-corrected chi connectivity index (χ2v) is 4.03. The normalized spacial score (nSPS) is 16.3. The monoisotopic (exact) mass is 237 g/mol. The minimum absolute atomic E-state index is 0.117. The van der Waals surface area contributed by atoms with Gasteiger partial charge in [0.25, 0.3) is 5.69 Å². The predicted octanol–water partition coefficient (Wildman–Crippen LogP) is 1.72. The van der Waals surface area contributed by atoms with Gasteiger partial charge < -0.3 is 9.84 Å². The number of nitro benzene ring substituents is 1. The summed E-state index contributed by atoms with van der Waals surface area (Å²) in [4.78, 5) is 21.4. The average molecular weight is 237 g/mol. The van der Waals surface area contributed by atoms with Gasteiger partial charge in [-0.25, -0.2) is 0 Å². The number of carbonyl (C=O) groups is 1. The van der Waals surface area contributed by atoms with E-state index in [-0.39, 0.29) is 5.69 Å². The van der Waals surface area contributed by atoms with Crippen LogP contribution in [-0.2, 0) is 10.2 Å². The van der Waals surface area contributed by atoms with E-state index in [1.807, 2.05) is 0 Å². The molecule has 0 aromatic heterocycles. The third-order valence-electron chi connectivity index (χ3n) is 3.07. The van der Waals surface area contributed by atoms with Crippen molar-refractivity contribution >= 4 is 11.7 Å². The van der Waals surface area contributed by atoms with Crippen LogP contribution in [0.4, 0.5) is 5.69 Å². The van der Waals surface area contributed by atoms with Crippen molar-refractivity contribution in [3.05, 3.63) is 33.9 Å². The summed E-state index contributed by atoms with van der Waals surface area (Å²) in [6.45, 7) is 0. The molecule has 0 spiro atoms. The Hall–Kier alpha value is -2.11. The highest BCUT2D eigenvalue weighted by atomic mass is 16.6. The number of methoxy groups -OCH3 is 1. The quantitative estimate of drug-likeness (QED) is 0.636. The van der Waals surface area contributed by atoms with E-state index in [1.54, 1.807) is 0 Å². The lowest BCUT2D eigenvalue weighted by molar-refractivity contribution is -0.385. The van der Waals surface area contributed by atoms with Crippen molar-refractivity contribution in [1.82, 2.24) is 0 Å². The maximum absolute atomic E-state index is 11.2. The van der Waals surface area contributed by atoms with Gasteiger partial charge in [-0.2, -0.15) is 0 Å². The molecule has 1 aliphatic carbocycles. The molecule has 0 aliphatic heterocycles. The molecule has 0 atom stereocenters. The largest absolute Gasteiger partial charge is 0.496 e. The molecule has 0 radical (unpaired) electrons. The van der Waals surface area contributed by atoms with Crippen molar-refractivity contribution in [3.8, 4) is 5.75 Å². The maximum Gasteiger partial charge on any atom is 0.314 e. The number of carboxylic acid groups (broad SMARTS) is 1. The number of nitro groups is 1. The number of aliphatic carboxylic acids is 1. The van der Waals surface area contributed by atoms with E-state index < -0.39 is 16.3 Å². The molecule has 0 unspecified atom stereocenters. The Bertz CT molecular complexity index is 493. The molecule has 1 aromatic rings. The molecule has 1 saturated carbocycles. The summed E-state index contributed by atoms with van der Waals surface area (Å²) in [5.74, 6) is -0.577. The smallest absolute Gasteiger partial charge is 0.314 e. The Balaban J connectivity index is 2.54. The average Bonchev–Trinajstić information content (AvgIpc) is 3.09. The lowest BCUT2D eigenvalue weighted by Gasteiger charge is -2.14. The van der Waals surface area contributed by atoms with Crippen LogP contribution in [0.2, 0.25) is 0 Å². The van der Waals surface area contributed by atoms with Gasteiger partial charge in [-0.05, 0) is 18.9 Å². The highest BCUT2D eigenvalue weighted by Crippen LogP contribution is 2.52. The summed E-state index contributed by atoms with van der Waals surface area (Å²) in [6.07, 6.45) is 0.972. The van der Waals surface area contributed by atoms with Gasteiger partial charge in [0.2, 0.25) is 0 Å². The van der Waals surface area contributed by atoms with Crippen LogP contribution in [0.15, 0.2) is 18.2 Å². The molecule has 1 aliphatic rings. The lowest BCUT2D eigenvalue weighted by atomic mass is 9.94. The highest BCUT2D eigenvalue weighted by molar-refractivity contribution is 5.86. The van der Waals surface area contributed by atoms with Crippen molar-refractivity contribution in [3.63, 3.8) is 0 Å². The molecule has 0 saturated heterocycles. The number of nitrogens with zero attached hydrogens (tertiary/aromatic N) is 1. The summed E-state index contributed by atoms with van der Waals surface area (Å²) in [5, 5.41) is 19.9. The summed E-state index contributed by atoms with van der Waals surface area (Å²) >= 11 is 0. The molecule has 1 aromatic carbocycles. The van der Waals surface area contributed by atoms with E-state index in [4.69, 9.17) is 4.74 Å². The van der Waals surface area contributed by atoms with Gasteiger partial charge in [0, 0.05) is 17.7 Å². The Morgan fingerprint density at radius 3 is 2.59 bits per heavy atom. The Morgan fingerprint density at radius 1 is 1.53 bits per heavy atom. The van der Waals surface area contributed by atoms with Gasteiger partial charge in [0.1, 0.15) is 5.75 Å². The van der Waals surface area contributed by atoms with E-state index in [9.17, 15) is 20.0 Å². The summed E-state index contributed by atoms with van der Waals surface area (Å²) < 4.78 is 5.07. The van der Waals surface area contributed by atoms with Crippen LogP contribution >= 0.6 is 0 Å². The molecule has 1 fully saturated rings. The van der Waals surface area contributed by atoms with Crippen molar-refractivity contribution in [1.29, 1.82) is 0 Å². The first-order valence-corrected chi connectivity index (χ1v) is 5.07. The zero-order chi connectivity index (χ0) is 12.6. The van der Waals surface area contributed by atoms with Gasteiger partial charge in [0.05, 0.1) is 17.4 Å². The number of carboxylic acids is 1. The minimum Gasteiger partial charge on any atom is -0.496 e. The van der Waals surface area contributed by atoms with Crippen molar-refractivity contribution in [2.45, 2.75) is 18.3 Å². The minimum atomic E-state index is -1.00. The molecule has 0 bridgehead atoms. The van der Waals surface area contributed by atoms with Crippen LogP contribution in [0.3, 0.4) is 0 Å². The molecule has 0 heterocycles.